The van der Waals surface area contributed by atoms with Crippen LogP contribution in [0.25, 0.3) is 0 Å². The molecule has 1 unspecified atom stereocenters. The standard InChI is InChI=1S/C29H36N2O6/c1-29(2,3)37-28(35)31(17-20-5-6-20)25-15-24(25)22-11-9-21(10-12-22)18-36-27(34)30(4)16-19-7-13-23(14-8-19)26(32)33/h7-14,20,24-25H,5-6,15-18H2,1-4H3,(H,32,33)/t24-,25?/m1/s1. The van der Waals surface area contributed by atoms with Crippen molar-refractivity contribution in [2.24, 2.45) is 5.92 Å². The Morgan fingerprint density at radius 1 is 0.946 bits per heavy atom. The van der Waals surface area contributed by atoms with Crippen molar-refractivity contribution in [2.75, 3.05) is 13.6 Å². The zero-order valence-electron chi connectivity index (χ0n) is 22.0. The topological polar surface area (TPSA) is 96.4 Å². The Morgan fingerprint density at radius 2 is 1.57 bits per heavy atom. The van der Waals surface area contributed by atoms with Crippen LogP contribution in [0.15, 0.2) is 48.5 Å². The second kappa shape index (κ2) is 10.8. The summed E-state index contributed by atoms with van der Waals surface area (Å²) in [5.41, 5.74) is 2.56. The third-order valence-electron chi connectivity index (χ3n) is 6.64. The number of rotatable bonds is 9. The van der Waals surface area contributed by atoms with Gasteiger partial charge >= 0.3 is 18.2 Å². The normalized spacial score (nSPS) is 18.6. The molecule has 0 bridgehead atoms. The molecule has 0 aliphatic heterocycles. The Labute approximate surface area is 218 Å². The molecule has 0 saturated heterocycles. The van der Waals surface area contributed by atoms with Crippen LogP contribution in [0.2, 0.25) is 0 Å². The van der Waals surface area contributed by atoms with E-state index in [2.05, 4.69) is 0 Å². The summed E-state index contributed by atoms with van der Waals surface area (Å²) in [5, 5.41) is 9.00. The smallest absolute Gasteiger partial charge is 0.410 e. The molecule has 2 aliphatic carbocycles. The fourth-order valence-corrected chi connectivity index (χ4v) is 4.34. The average Bonchev–Trinajstić information content (AvgIpc) is 3.76. The number of carbonyl (C=O) groups is 3. The molecule has 2 aliphatic rings. The number of ether oxygens (including phenoxy) is 2. The predicted octanol–water partition coefficient (Wildman–Crippen LogP) is 5.66. The van der Waals surface area contributed by atoms with Crippen molar-refractivity contribution >= 4 is 18.2 Å². The Balaban J connectivity index is 1.27. The number of hydrogen-bond donors (Lipinski definition) is 1. The Hall–Kier alpha value is -3.55. The van der Waals surface area contributed by atoms with Gasteiger partial charge in [-0.3, -0.25) is 0 Å². The van der Waals surface area contributed by atoms with Crippen molar-refractivity contribution in [3.63, 3.8) is 0 Å². The van der Waals surface area contributed by atoms with E-state index in [9.17, 15) is 14.4 Å². The van der Waals surface area contributed by atoms with Gasteiger partial charge < -0.3 is 24.4 Å². The molecular weight excluding hydrogens is 472 g/mol. The van der Waals surface area contributed by atoms with Crippen LogP contribution in [0.3, 0.4) is 0 Å². The fraction of sp³-hybridized carbons (Fsp3) is 0.483. The first-order valence-corrected chi connectivity index (χ1v) is 12.8. The molecule has 0 heterocycles. The highest BCUT2D eigenvalue weighted by Gasteiger charge is 2.47. The molecule has 0 spiro atoms. The van der Waals surface area contributed by atoms with Gasteiger partial charge in [0.25, 0.3) is 0 Å². The van der Waals surface area contributed by atoms with Crippen LogP contribution in [0.4, 0.5) is 9.59 Å². The molecule has 8 heteroatoms. The Bertz CT molecular complexity index is 1120. The first-order chi connectivity index (χ1) is 17.5. The zero-order valence-corrected chi connectivity index (χ0v) is 22.0. The summed E-state index contributed by atoms with van der Waals surface area (Å²) in [7, 11) is 1.64. The van der Waals surface area contributed by atoms with Crippen molar-refractivity contribution in [1.29, 1.82) is 0 Å². The van der Waals surface area contributed by atoms with E-state index in [0.29, 0.717) is 18.4 Å². The lowest BCUT2D eigenvalue weighted by Crippen LogP contribution is -2.40. The maximum absolute atomic E-state index is 12.8. The predicted molar refractivity (Wildman–Crippen MR) is 138 cm³/mol. The van der Waals surface area contributed by atoms with Gasteiger partial charge in [0.2, 0.25) is 0 Å². The van der Waals surface area contributed by atoms with Gasteiger partial charge in [0.15, 0.2) is 0 Å². The first kappa shape index (κ1) is 26.5. The molecular formula is C29H36N2O6. The highest BCUT2D eigenvalue weighted by atomic mass is 16.6. The SMILES string of the molecule is CN(Cc1ccc(C(=O)O)cc1)C(=O)OCc1ccc([C@H]2CC2N(CC2CC2)C(=O)OC(C)(C)C)cc1. The molecule has 2 aromatic rings. The highest BCUT2D eigenvalue weighted by Crippen LogP contribution is 2.46. The maximum Gasteiger partial charge on any atom is 0.410 e. The monoisotopic (exact) mass is 508 g/mol. The van der Waals surface area contributed by atoms with E-state index in [4.69, 9.17) is 14.6 Å². The number of hydrogen-bond acceptors (Lipinski definition) is 5. The molecule has 8 nitrogen and oxygen atoms in total. The second-order valence-corrected chi connectivity index (χ2v) is 11.1. The van der Waals surface area contributed by atoms with Crippen LogP contribution in [0, 0.1) is 5.92 Å². The number of aromatic carboxylic acids is 1. The molecule has 2 atom stereocenters. The van der Waals surface area contributed by atoms with E-state index in [1.54, 1.807) is 19.2 Å². The fourth-order valence-electron chi connectivity index (χ4n) is 4.34. The maximum atomic E-state index is 12.8. The quantitative estimate of drug-likeness (QED) is 0.470. The third-order valence-corrected chi connectivity index (χ3v) is 6.64. The van der Waals surface area contributed by atoms with Crippen molar-refractivity contribution in [3.05, 3.63) is 70.8 Å². The van der Waals surface area contributed by atoms with E-state index in [-0.39, 0.29) is 24.3 Å². The van der Waals surface area contributed by atoms with Gasteiger partial charge in [-0.2, -0.15) is 0 Å². The van der Waals surface area contributed by atoms with E-state index in [1.165, 1.54) is 35.4 Å². The van der Waals surface area contributed by atoms with E-state index in [0.717, 1.165) is 24.1 Å². The molecule has 2 fully saturated rings. The lowest BCUT2D eigenvalue weighted by atomic mass is 10.1. The lowest BCUT2D eigenvalue weighted by molar-refractivity contribution is 0.0220. The van der Waals surface area contributed by atoms with Crippen LogP contribution in [0.1, 0.15) is 73.0 Å². The van der Waals surface area contributed by atoms with Gasteiger partial charge in [0.1, 0.15) is 12.2 Å². The van der Waals surface area contributed by atoms with Gasteiger partial charge in [-0.15, -0.1) is 0 Å². The van der Waals surface area contributed by atoms with Crippen molar-refractivity contribution in [3.8, 4) is 0 Å². The number of carboxylic acids is 1. The number of amides is 2. The minimum absolute atomic E-state index is 0.154. The summed E-state index contributed by atoms with van der Waals surface area (Å²) >= 11 is 0. The van der Waals surface area contributed by atoms with Gasteiger partial charge in [0, 0.05) is 32.1 Å². The van der Waals surface area contributed by atoms with Gasteiger partial charge in [-0.05, 0) is 74.8 Å². The van der Waals surface area contributed by atoms with Crippen LogP contribution in [0.5, 0.6) is 0 Å². The van der Waals surface area contributed by atoms with Gasteiger partial charge in [0.05, 0.1) is 5.56 Å². The summed E-state index contributed by atoms with van der Waals surface area (Å²) in [4.78, 5) is 39.6. The second-order valence-electron chi connectivity index (χ2n) is 11.1. The molecule has 0 aromatic heterocycles. The highest BCUT2D eigenvalue weighted by molar-refractivity contribution is 5.87. The van der Waals surface area contributed by atoms with Crippen LogP contribution in [-0.4, -0.2) is 58.3 Å². The molecule has 198 valence electrons. The average molecular weight is 509 g/mol. The largest absolute Gasteiger partial charge is 0.478 e. The summed E-state index contributed by atoms with van der Waals surface area (Å²) in [6.45, 7) is 6.92. The van der Waals surface area contributed by atoms with Crippen molar-refractivity contribution in [2.45, 2.75) is 70.7 Å². The van der Waals surface area contributed by atoms with Gasteiger partial charge in [-0.25, -0.2) is 14.4 Å². The summed E-state index contributed by atoms with van der Waals surface area (Å²) in [5.74, 6) is -0.101. The molecule has 0 radical (unpaired) electrons. The number of benzene rings is 2. The van der Waals surface area contributed by atoms with E-state index >= 15 is 0 Å². The van der Waals surface area contributed by atoms with Crippen molar-refractivity contribution in [1.82, 2.24) is 9.80 Å². The van der Waals surface area contributed by atoms with Crippen LogP contribution in [-0.2, 0) is 22.6 Å². The van der Waals surface area contributed by atoms with Gasteiger partial charge in [-0.1, -0.05) is 36.4 Å². The third kappa shape index (κ3) is 7.47. The number of carboxylic acid groups (broad SMARTS) is 1. The Kier molecular flexibility index (Phi) is 7.76. The van der Waals surface area contributed by atoms with Crippen LogP contribution < -0.4 is 0 Å². The summed E-state index contributed by atoms with van der Waals surface area (Å²) in [6.07, 6.45) is 2.60. The number of carbonyl (C=O) groups excluding carboxylic acids is 2. The molecule has 4 rings (SSSR count). The molecule has 37 heavy (non-hydrogen) atoms. The molecule has 2 aromatic carbocycles. The molecule has 1 N–H and O–H groups in total. The zero-order chi connectivity index (χ0) is 26.7. The molecule has 2 amide bonds. The number of nitrogens with zero attached hydrogens (tertiary/aromatic N) is 2. The Morgan fingerprint density at radius 3 is 2.14 bits per heavy atom. The lowest BCUT2D eigenvalue weighted by Gasteiger charge is -2.28. The minimum atomic E-state index is -0.985. The minimum Gasteiger partial charge on any atom is -0.478 e. The first-order valence-electron chi connectivity index (χ1n) is 12.8. The van der Waals surface area contributed by atoms with Crippen LogP contribution >= 0.6 is 0 Å². The molecule has 2 saturated carbocycles. The summed E-state index contributed by atoms with van der Waals surface area (Å²) in [6, 6.07) is 14.6. The van der Waals surface area contributed by atoms with E-state index < -0.39 is 17.7 Å². The van der Waals surface area contributed by atoms with Crippen molar-refractivity contribution < 1.29 is 29.0 Å². The summed E-state index contributed by atoms with van der Waals surface area (Å²) < 4.78 is 11.1. The van der Waals surface area contributed by atoms with E-state index in [1.807, 2.05) is 49.9 Å².